The second-order valence-electron chi connectivity index (χ2n) is 4.15. The van der Waals surface area contributed by atoms with Crippen molar-refractivity contribution in [3.63, 3.8) is 0 Å². The Kier molecular flexibility index (Phi) is 4.33. The van der Waals surface area contributed by atoms with Crippen LogP contribution in [0.25, 0.3) is 21.9 Å². The van der Waals surface area contributed by atoms with Crippen LogP contribution >= 0.6 is 0 Å². The zero-order valence-electron chi connectivity index (χ0n) is 11.1. The normalized spacial score (nSPS) is 10.5. The van der Waals surface area contributed by atoms with Gasteiger partial charge in [0.2, 0.25) is 0 Å². The van der Waals surface area contributed by atoms with E-state index in [1.807, 2.05) is 24.3 Å². The van der Waals surface area contributed by atoms with Gasteiger partial charge in [-0.05, 0) is 6.07 Å². The van der Waals surface area contributed by atoms with Crippen LogP contribution < -0.4 is 5.69 Å². The van der Waals surface area contributed by atoms with E-state index in [2.05, 4.69) is 15.0 Å². The second-order valence-corrected chi connectivity index (χ2v) is 4.15. The SMILES string of the molecule is O=C(O)/C=C\C(=O)O.O=c1[nH]c2cnc3ccccc3c2[nH]1. The largest absolute Gasteiger partial charge is 0.478 e. The average molecular weight is 301 g/mol. The lowest BCUT2D eigenvalue weighted by Crippen LogP contribution is -1.99. The highest BCUT2D eigenvalue weighted by molar-refractivity contribution is 6.01. The highest BCUT2D eigenvalue weighted by Gasteiger charge is 2.02. The van der Waals surface area contributed by atoms with E-state index in [4.69, 9.17) is 10.2 Å². The van der Waals surface area contributed by atoms with Crippen LogP contribution in [0.4, 0.5) is 0 Å². The van der Waals surface area contributed by atoms with Crippen molar-refractivity contribution >= 4 is 33.9 Å². The first-order chi connectivity index (χ1) is 10.5. The number of fused-ring (bicyclic) bond motifs is 3. The second kappa shape index (κ2) is 6.35. The van der Waals surface area contributed by atoms with Crippen molar-refractivity contribution in [1.82, 2.24) is 15.0 Å². The van der Waals surface area contributed by atoms with E-state index in [9.17, 15) is 14.4 Å². The van der Waals surface area contributed by atoms with Gasteiger partial charge in [-0.3, -0.25) is 4.98 Å². The van der Waals surface area contributed by atoms with Gasteiger partial charge in [-0.15, -0.1) is 0 Å². The number of carboxylic acid groups (broad SMARTS) is 2. The number of nitrogens with one attached hydrogen (secondary N) is 2. The van der Waals surface area contributed by atoms with Crippen molar-refractivity contribution in [1.29, 1.82) is 0 Å². The molecular weight excluding hydrogens is 290 g/mol. The number of aromatic nitrogens is 3. The number of aliphatic carboxylic acids is 2. The van der Waals surface area contributed by atoms with Crippen LogP contribution in [0.15, 0.2) is 47.4 Å². The molecule has 4 N–H and O–H groups in total. The Hall–Kier alpha value is -3.42. The molecule has 2 heterocycles. The highest BCUT2D eigenvalue weighted by atomic mass is 16.4. The number of nitrogens with zero attached hydrogens (tertiary/aromatic N) is 1. The number of aromatic amines is 2. The van der Waals surface area contributed by atoms with E-state index >= 15 is 0 Å². The number of hydrogen-bond donors (Lipinski definition) is 4. The molecule has 0 fully saturated rings. The fourth-order valence-electron chi connectivity index (χ4n) is 1.78. The minimum absolute atomic E-state index is 0.196. The molecule has 0 aliphatic rings. The lowest BCUT2D eigenvalue weighted by Gasteiger charge is -1.96. The quantitative estimate of drug-likeness (QED) is 0.523. The molecule has 0 radical (unpaired) electrons. The summed E-state index contributed by atoms with van der Waals surface area (Å²) in [7, 11) is 0. The minimum Gasteiger partial charge on any atom is -0.478 e. The standard InChI is InChI=1S/C10H7N3O.C4H4O4/c14-10-12-8-5-11-7-4-2-1-3-6(7)9(8)13-10;5-3(6)1-2-4(7)8/h1-5H,(H2,12,13,14);1-2H,(H,5,6)(H,7,8)/b;2-1-. The number of carbonyl (C=O) groups is 2. The van der Waals surface area contributed by atoms with Crippen LogP contribution in [0.2, 0.25) is 0 Å². The van der Waals surface area contributed by atoms with E-state index in [1.165, 1.54) is 0 Å². The van der Waals surface area contributed by atoms with Gasteiger partial charge in [0.25, 0.3) is 0 Å². The van der Waals surface area contributed by atoms with E-state index in [-0.39, 0.29) is 5.69 Å². The van der Waals surface area contributed by atoms with Gasteiger partial charge < -0.3 is 20.2 Å². The zero-order chi connectivity index (χ0) is 16.1. The van der Waals surface area contributed by atoms with E-state index < -0.39 is 11.9 Å². The fraction of sp³-hybridized carbons (Fsp3) is 0. The summed E-state index contributed by atoms with van der Waals surface area (Å²) in [5.41, 5.74) is 2.25. The maximum absolute atomic E-state index is 11.1. The predicted octanol–water partition coefficient (Wildman–Crippen LogP) is 1.12. The number of imidazole rings is 1. The molecule has 22 heavy (non-hydrogen) atoms. The van der Waals surface area contributed by atoms with Gasteiger partial charge >= 0.3 is 17.6 Å². The van der Waals surface area contributed by atoms with Gasteiger partial charge in [-0.2, -0.15) is 0 Å². The van der Waals surface area contributed by atoms with Crippen molar-refractivity contribution < 1.29 is 19.8 Å². The Labute approximate surface area is 122 Å². The summed E-state index contributed by atoms with van der Waals surface area (Å²) in [5, 5.41) is 16.6. The van der Waals surface area contributed by atoms with E-state index in [0.717, 1.165) is 21.9 Å². The molecule has 0 atom stereocenters. The van der Waals surface area contributed by atoms with Crippen molar-refractivity contribution in [3.05, 3.63) is 53.1 Å². The number of benzene rings is 1. The summed E-state index contributed by atoms with van der Waals surface area (Å²) in [4.78, 5) is 39.9. The summed E-state index contributed by atoms with van der Waals surface area (Å²) < 4.78 is 0. The molecule has 0 aliphatic heterocycles. The summed E-state index contributed by atoms with van der Waals surface area (Å²) in [6.07, 6.45) is 2.78. The van der Waals surface area contributed by atoms with Gasteiger partial charge in [0.15, 0.2) is 0 Å². The van der Waals surface area contributed by atoms with Gasteiger partial charge in [0, 0.05) is 17.5 Å². The van der Waals surface area contributed by atoms with Crippen LogP contribution in [-0.2, 0) is 9.59 Å². The van der Waals surface area contributed by atoms with Crippen molar-refractivity contribution in [3.8, 4) is 0 Å². The van der Waals surface area contributed by atoms with Crippen LogP contribution in [0.1, 0.15) is 0 Å². The first kappa shape index (κ1) is 15.0. The summed E-state index contributed by atoms with van der Waals surface area (Å²) >= 11 is 0. The molecule has 8 heteroatoms. The number of hydrogen-bond acceptors (Lipinski definition) is 4. The Bertz CT molecular complexity index is 907. The van der Waals surface area contributed by atoms with Crippen molar-refractivity contribution in [2.45, 2.75) is 0 Å². The number of para-hydroxylation sites is 1. The molecule has 2 aromatic heterocycles. The number of H-pyrrole nitrogens is 2. The lowest BCUT2D eigenvalue weighted by atomic mass is 10.2. The van der Waals surface area contributed by atoms with E-state index in [0.29, 0.717) is 12.2 Å². The molecule has 1 aromatic carbocycles. The summed E-state index contributed by atoms with van der Waals surface area (Å²) in [6.45, 7) is 0. The lowest BCUT2D eigenvalue weighted by molar-refractivity contribution is -0.134. The number of rotatable bonds is 2. The molecule has 0 saturated heterocycles. The molecule has 0 spiro atoms. The summed E-state index contributed by atoms with van der Waals surface area (Å²) in [6, 6.07) is 7.70. The predicted molar refractivity (Wildman–Crippen MR) is 78.6 cm³/mol. The Morgan fingerprint density at radius 1 is 1.05 bits per heavy atom. The molecular formula is C14H11N3O5. The minimum atomic E-state index is -1.26. The maximum Gasteiger partial charge on any atom is 0.328 e. The third kappa shape index (κ3) is 3.57. The Morgan fingerprint density at radius 2 is 1.68 bits per heavy atom. The molecule has 0 bridgehead atoms. The summed E-state index contributed by atoms with van der Waals surface area (Å²) in [5.74, 6) is -2.51. The van der Waals surface area contributed by atoms with Gasteiger partial charge in [0.05, 0.1) is 22.7 Å². The molecule has 112 valence electrons. The topological polar surface area (TPSA) is 136 Å². The smallest absolute Gasteiger partial charge is 0.328 e. The third-order valence-corrected chi connectivity index (χ3v) is 2.63. The Morgan fingerprint density at radius 3 is 2.32 bits per heavy atom. The van der Waals surface area contributed by atoms with Crippen LogP contribution in [0, 0.1) is 0 Å². The van der Waals surface area contributed by atoms with Gasteiger partial charge in [0.1, 0.15) is 0 Å². The maximum atomic E-state index is 11.1. The number of pyridine rings is 1. The molecule has 3 aromatic rings. The fourth-order valence-corrected chi connectivity index (χ4v) is 1.78. The Balaban J connectivity index is 0.000000192. The zero-order valence-corrected chi connectivity index (χ0v) is 11.1. The monoisotopic (exact) mass is 301 g/mol. The first-order valence-corrected chi connectivity index (χ1v) is 6.07. The van der Waals surface area contributed by atoms with Crippen LogP contribution in [0.3, 0.4) is 0 Å². The molecule has 3 rings (SSSR count). The first-order valence-electron chi connectivity index (χ1n) is 6.07. The van der Waals surface area contributed by atoms with Crippen LogP contribution in [0.5, 0.6) is 0 Å². The van der Waals surface area contributed by atoms with Crippen LogP contribution in [-0.4, -0.2) is 37.1 Å². The molecule has 0 saturated carbocycles. The third-order valence-electron chi connectivity index (χ3n) is 2.63. The van der Waals surface area contributed by atoms with Crippen molar-refractivity contribution in [2.24, 2.45) is 0 Å². The number of carboxylic acids is 2. The molecule has 8 nitrogen and oxygen atoms in total. The van der Waals surface area contributed by atoms with Crippen molar-refractivity contribution in [2.75, 3.05) is 0 Å². The molecule has 0 aliphatic carbocycles. The highest BCUT2D eigenvalue weighted by Crippen LogP contribution is 2.18. The molecule has 0 amide bonds. The van der Waals surface area contributed by atoms with E-state index in [1.54, 1.807) is 6.20 Å². The van der Waals surface area contributed by atoms with Gasteiger partial charge in [-0.25, -0.2) is 14.4 Å². The van der Waals surface area contributed by atoms with Gasteiger partial charge in [-0.1, -0.05) is 18.2 Å². The average Bonchev–Trinajstić information content (AvgIpc) is 2.86. The molecule has 0 unspecified atom stereocenters.